The van der Waals surface area contributed by atoms with E-state index in [1.54, 1.807) is 0 Å². The Kier molecular flexibility index (Phi) is 3.46. The molecule has 0 radical (unpaired) electrons. The van der Waals surface area contributed by atoms with Crippen LogP contribution in [0.2, 0.25) is 0 Å². The van der Waals surface area contributed by atoms with Crippen molar-refractivity contribution in [3.05, 3.63) is 6.33 Å². The van der Waals surface area contributed by atoms with Crippen molar-refractivity contribution in [3.63, 3.8) is 0 Å². The predicted octanol–water partition coefficient (Wildman–Crippen LogP) is 0.159. The van der Waals surface area contributed by atoms with Gasteiger partial charge in [-0.05, 0) is 20.3 Å². The van der Waals surface area contributed by atoms with Crippen LogP contribution in [0.15, 0.2) is 6.33 Å². The molecule has 1 fully saturated rings. The first-order valence-electron chi connectivity index (χ1n) is 6.26. The number of aromatic nitrogens is 2. The van der Waals surface area contributed by atoms with E-state index < -0.39 is 5.41 Å². The normalized spacial score (nSPS) is 22.5. The van der Waals surface area contributed by atoms with Crippen molar-refractivity contribution in [2.24, 2.45) is 11.1 Å². The third-order valence-corrected chi connectivity index (χ3v) is 3.48. The van der Waals surface area contributed by atoms with E-state index in [2.05, 4.69) is 9.97 Å². The molecule has 1 aliphatic rings. The number of anilines is 2. The Hall–Kier alpha value is -2.05. The number of hydrogen-bond acceptors (Lipinski definition) is 6. The molecule has 1 aromatic rings. The highest BCUT2D eigenvalue weighted by molar-refractivity contribution is 5.82. The van der Waals surface area contributed by atoms with Gasteiger partial charge >= 0.3 is 0 Å². The third-order valence-electron chi connectivity index (χ3n) is 3.48. The molecule has 0 saturated carbocycles. The van der Waals surface area contributed by atoms with Gasteiger partial charge in [-0.15, -0.1) is 0 Å². The zero-order valence-electron chi connectivity index (χ0n) is 11.2. The van der Waals surface area contributed by atoms with Gasteiger partial charge in [-0.3, -0.25) is 4.79 Å². The quantitative estimate of drug-likeness (QED) is 0.803. The van der Waals surface area contributed by atoms with Gasteiger partial charge in [-0.25, -0.2) is 4.98 Å². The minimum Gasteiger partial charge on any atom is -0.476 e. The number of hydrogen-bond donors (Lipinski definition) is 2. The molecule has 0 spiro atoms. The number of primary amides is 1. The monoisotopic (exact) mass is 265 g/mol. The maximum atomic E-state index is 11.5. The number of nitrogens with zero attached hydrogens (tertiary/aromatic N) is 3. The van der Waals surface area contributed by atoms with E-state index in [0.29, 0.717) is 43.5 Å². The van der Waals surface area contributed by atoms with Crippen LogP contribution in [-0.2, 0) is 4.79 Å². The van der Waals surface area contributed by atoms with E-state index in [-0.39, 0.29) is 5.91 Å². The second-order valence-corrected chi connectivity index (χ2v) is 4.95. The molecule has 2 rings (SSSR count). The van der Waals surface area contributed by atoms with Gasteiger partial charge in [0.15, 0.2) is 5.82 Å². The van der Waals surface area contributed by atoms with Crippen molar-refractivity contribution in [3.8, 4) is 5.88 Å². The van der Waals surface area contributed by atoms with Crippen molar-refractivity contribution in [2.75, 3.05) is 30.3 Å². The number of carbonyl (C=O) groups is 1. The summed E-state index contributed by atoms with van der Waals surface area (Å²) in [7, 11) is 0. The molecular formula is C12H19N5O2. The van der Waals surface area contributed by atoms with Crippen LogP contribution < -0.4 is 21.1 Å². The van der Waals surface area contributed by atoms with E-state index in [1.165, 1.54) is 6.33 Å². The Balaban J connectivity index is 2.25. The van der Waals surface area contributed by atoms with Gasteiger partial charge in [0.1, 0.15) is 12.0 Å². The van der Waals surface area contributed by atoms with E-state index in [0.717, 1.165) is 0 Å². The molecule has 1 amide bonds. The molecule has 0 aromatic carbocycles. The molecule has 7 nitrogen and oxygen atoms in total. The van der Waals surface area contributed by atoms with Crippen LogP contribution in [0, 0.1) is 5.41 Å². The lowest BCUT2D eigenvalue weighted by Crippen LogP contribution is -2.37. The molecule has 19 heavy (non-hydrogen) atoms. The summed E-state index contributed by atoms with van der Waals surface area (Å²) in [6.45, 7) is 5.40. The highest BCUT2D eigenvalue weighted by Crippen LogP contribution is 2.36. The van der Waals surface area contributed by atoms with Crippen molar-refractivity contribution in [1.82, 2.24) is 9.97 Å². The Labute approximate surface area is 111 Å². The number of carbonyl (C=O) groups excluding carboxylic acids is 1. The minimum atomic E-state index is -0.539. The van der Waals surface area contributed by atoms with Gasteiger partial charge in [0.05, 0.1) is 12.0 Å². The van der Waals surface area contributed by atoms with E-state index in [9.17, 15) is 4.79 Å². The average molecular weight is 265 g/mol. The molecule has 1 unspecified atom stereocenters. The lowest BCUT2D eigenvalue weighted by Gasteiger charge is -2.23. The van der Waals surface area contributed by atoms with Gasteiger partial charge < -0.3 is 21.1 Å². The molecule has 1 atom stereocenters. The summed E-state index contributed by atoms with van der Waals surface area (Å²) in [5.41, 5.74) is 11.3. The predicted molar refractivity (Wildman–Crippen MR) is 71.7 cm³/mol. The fraction of sp³-hybridized carbons (Fsp3) is 0.583. The van der Waals surface area contributed by atoms with Crippen molar-refractivity contribution in [2.45, 2.75) is 20.3 Å². The lowest BCUT2D eigenvalue weighted by molar-refractivity contribution is -0.125. The first kappa shape index (κ1) is 13.4. The molecule has 1 saturated heterocycles. The van der Waals surface area contributed by atoms with Crippen LogP contribution in [0.4, 0.5) is 11.5 Å². The van der Waals surface area contributed by atoms with Gasteiger partial charge in [0.25, 0.3) is 0 Å². The molecule has 7 heteroatoms. The average Bonchev–Trinajstić information content (AvgIpc) is 2.76. The number of ether oxygens (including phenoxy) is 1. The van der Waals surface area contributed by atoms with Crippen LogP contribution in [0.25, 0.3) is 0 Å². The second-order valence-electron chi connectivity index (χ2n) is 4.95. The molecule has 1 aliphatic heterocycles. The Bertz CT molecular complexity index is 493. The summed E-state index contributed by atoms with van der Waals surface area (Å²) in [6.07, 6.45) is 2.10. The maximum absolute atomic E-state index is 11.5. The maximum Gasteiger partial charge on any atom is 0.242 e. The Morgan fingerprint density at radius 3 is 2.89 bits per heavy atom. The largest absolute Gasteiger partial charge is 0.476 e. The molecule has 0 bridgehead atoms. The number of nitrogens with two attached hydrogens (primary N) is 2. The summed E-state index contributed by atoms with van der Waals surface area (Å²) >= 11 is 0. The summed E-state index contributed by atoms with van der Waals surface area (Å²) < 4.78 is 5.34. The molecule has 0 aliphatic carbocycles. The van der Waals surface area contributed by atoms with Crippen LogP contribution in [0.1, 0.15) is 20.3 Å². The van der Waals surface area contributed by atoms with E-state index in [4.69, 9.17) is 16.2 Å². The smallest absolute Gasteiger partial charge is 0.242 e. The first-order chi connectivity index (χ1) is 8.98. The summed E-state index contributed by atoms with van der Waals surface area (Å²) in [5.74, 6) is 0.677. The van der Waals surface area contributed by atoms with Crippen LogP contribution in [0.5, 0.6) is 5.88 Å². The molecule has 1 aromatic heterocycles. The van der Waals surface area contributed by atoms with Gasteiger partial charge in [0.2, 0.25) is 11.8 Å². The van der Waals surface area contributed by atoms with Crippen LogP contribution >= 0.6 is 0 Å². The van der Waals surface area contributed by atoms with E-state index >= 15 is 0 Å². The lowest BCUT2D eigenvalue weighted by atomic mass is 9.89. The number of nitrogen functional groups attached to an aromatic ring is 1. The molecule has 2 heterocycles. The minimum absolute atomic E-state index is 0.298. The van der Waals surface area contributed by atoms with Crippen LogP contribution in [0.3, 0.4) is 0 Å². The summed E-state index contributed by atoms with van der Waals surface area (Å²) in [4.78, 5) is 21.6. The van der Waals surface area contributed by atoms with Crippen molar-refractivity contribution < 1.29 is 9.53 Å². The highest BCUT2D eigenvalue weighted by atomic mass is 16.5. The first-order valence-corrected chi connectivity index (χ1v) is 6.26. The zero-order valence-corrected chi connectivity index (χ0v) is 11.2. The van der Waals surface area contributed by atoms with Gasteiger partial charge in [-0.1, -0.05) is 0 Å². The highest BCUT2D eigenvalue weighted by Gasteiger charge is 2.40. The Morgan fingerprint density at radius 2 is 2.32 bits per heavy atom. The number of amides is 1. The standard InChI is InChI=1S/C12H19N5O2/c1-3-19-10-8(13)9(15-7-16-10)17-5-4-12(2,6-17)11(14)18/h7H,3-6,13H2,1-2H3,(H2,14,18). The fourth-order valence-electron chi connectivity index (χ4n) is 2.22. The molecule has 4 N–H and O–H groups in total. The molecular weight excluding hydrogens is 246 g/mol. The Morgan fingerprint density at radius 1 is 1.58 bits per heavy atom. The van der Waals surface area contributed by atoms with Crippen LogP contribution in [-0.4, -0.2) is 35.6 Å². The van der Waals surface area contributed by atoms with Gasteiger partial charge in [-0.2, -0.15) is 4.98 Å². The molecule has 104 valence electrons. The van der Waals surface area contributed by atoms with Crippen molar-refractivity contribution in [1.29, 1.82) is 0 Å². The SMILES string of the molecule is CCOc1ncnc(N2CCC(C)(C(N)=O)C2)c1N. The van der Waals surface area contributed by atoms with Gasteiger partial charge in [0, 0.05) is 13.1 Å². The van der Waals surface area contributed by atoms with E-state index in [1.807, 2.05) is 18.7 Å². The fourth-order valence-corrected chi connectivity index (χ4v) is 2.22. The zero-order chi connectivity index (χ0) is 14.0. The third kappa shape index (κ3) is 2.40. The summed E-state index contributed by atoms with van der Waals surface area (Å²) in [5, 5.41) is 0. The topological polar surface area (TPSA) is 107 Å². The second kappa shape index (κ2) is 4.91. The van der Waals surface area contributed by atoms with Crippen molar-refractivity contribution >= 4 is 17.4 Å². The summed E-state index contributed by atoms with van der Waals surface area (Å²) in [6, 6.07) is 0. The number of rotatable bonds is 4.